The van der Waals surface area contributed by atoms with E-state index in [1.54, 1.807) is 0 Å². The van der Waals surface area contributed by atoms with Crippen LogP contribution in [-0.4, -0.2) is 21.6 Å². The van der Waals surface area contributed by atoms with Gasteiger partial charge in [-0.05, 0) is 36.1 Å². The summed E-state index contributed by atoms with van der Waals surface area (Å²) in [4.78, 5) is 13.1. The highest BCUT2D eigenvalue weighted by molar-refractivity contribution is 6.40. The van der Waals surface area contributed by atoms with Crippen molar-refractivity contribution in [1.82, 2.24) is 0 Å². The fourth-order valence-corrected chi connectivity index (χ4v) is 3.82. The molecule has 0 aromatic heterocycles. The molecule has 1 aliphatic heterocycles. The molecule has 1 aliphatic carbocycles. The van der Waals surface area contributed by atoms with Gasteiger partial charge in [0.05, 0.1) is 5.75 Å². The third kappa shape index (κ3) is 2.53. The second-order valence-electron chi connectivity index (χ2n) is 6.07. The Morgan fingerprint density at radius 2 is 2.00 bits per heavy atom. The van der Waals surface area contributed by atoms with Crippen molar-refractivity contribution >= 4 is 27.1 Å². The van der Waals surface area contributed by atoms with Crippen LogP contribution in [0.25, 0.3) is 5.57 Å². The van der Waals surface area contributed by atoms with Crippen LogP contribution in [-0.2, 0) is 6.42 Å². The summed E-state index contributed by atoms with van der Waals surface area (Å²) in [6.45, 7) is 2.17. The number of hydrogen-bond donors (Lipinski definition) is 0. The molecule has 24 heavy (non-hydrogen) atoms. The van der Waals surface area contributed by atoms with Crippen molar-refractivity contribution in [1.29, 1.82) is 0 Å². The molecule has 2 aliphatic rings. The maximum atomic E-state index is 13.1. The summed E-state index contributed by atoms with van der Waals surface area (Å²) in [5.74, 6) is 1.61. The number of carbonyl (C=O) groups is 1. The van der Waals surface area contributed by atoms with Gasteiger partial charge < -0.3 is 8.54 Å². The van der Waals surface area contributed by atoms with E-state index in [4.69, 9.17) is 8.54 Å². The molecule has 0 saturated carbocycles. The molecule has 2 aromatic carbocycles. The van der Waals surface area contributed by atoms with Crippen molar-refractivity contribution in [3.63, 3.8) is 0 Å². The van der Waals surface area contributed by atoms with Crippen LogP contribution in [0.5, 0.6) is 5.75 Å². The first-order valence-electron chi connectivity index (χ1n) is 8.29. The molecular formula is C20H18O3Si. The first-order valence-corrected chi connectivity index (χ1v) is 9.23. The van der Waals surface area contributed by atoms with Crippen LogP contribution in [0.2, 0.25) is 0 Å². The lowest BCUT2D eigenvalue weighted by molar-refractivity contribution is -0.0996. The number of ketones is 2. The number of aryl methyl sites for hydroxylation is 1. The summed E-state index contributed by atoms with van der Waals surface area (Å²) >= 11 is 0. The van der Waals surface area contributed by atoms with E-state index in [1.807, 2.05) is 42.5 Å². The summed E-state index contributed by atoms with van der Waals surface area (Å²) in [5.41, 5.74) is 4.30. The van der Waals surface area contributed by atoms with Gasteiger partial charge in [0, 0.05) is 17.2 Å². The molecule has 0 radical (unpaired) electrons. The van der Waals surface area contributed by atoms with Crippen LogP contribution >= 0.6 is 0 Å². The first-order chi connectivity index (χ1) is 11.8. The van der Waals surface area contributed by atoms with Crippen LogP contribution < -0.4 is 4.43 Å². The topological polar surface area (TPSA) is 37.6 Å². The number of benzene rings is 2. The minimum atomic E-state index is -0.578. The molecule has 120 valence electrons. The molecule has 1 heterocycles. The predicted octanol–water partition coefficient (Wildman–Crippen LogP) is 3.69. The number of carbonyl (C=O) groups excluding carboxylic acids is 2. The molecule has 0 fully saturated rings. The molecule has 0 bridgehead atoms. The SMILES string of the molecule is CCCCc1cc2c3c(c1)C(=O)C(c1ccccc1)=CC3=[O+][SiH-]O2. The maximum Gasteiger partial charge on any atom is 0.440 e. The van der Waals surface area contributed by atoms with E-state index < -0.39 is 10.0 Å². The average Bonchev–Trinajstić information content (AvgIpc) is 2.63. The lowest BCUT2D eigenvalue weighted by Gasteiger charge is -2.23. The van der Waals surface area contributed by atoms with E-state index in [0.29, 0.717) is 11.1 Å². The zero-order valence-electron chi connectivity index (χ0n) is 13.5. The molecule has 0 spiro atoms. The van der Waals surface area contributed by atoms with E-state index in [0.717, 1.165) is 47.5 Å². The molecule has 4 heteroatoms. The monoisotopic (exact) mass is 334 g/mol. The Morgan fingerprint density at radius 3 is 2.79 bits per heavy atom. The van der Waals surface area contributed by atoms with Crippen LogP contribution in [0.4, 0.5) is 0 Å². The van der Waals surface area contributed by atoms with Gasteiger partial charge in [0.2, 0.25) is 0 Å². The summed E-state index contributed by atoms with van der Waals surface area (Å²) in [6, 6.07) is 13.9. The normalized spacial score (nSPS) is 15.0. The number of hydrogen-bond acceptors (Lipinski definition) is 2. The molecule has 3 nitrogen and oxygen atoms in total. The van der Waals surface area contributed by atoms with Crippen molar-refractivity contribution in [2.24, 2.45) is 0 Å². The van der Waals surface area contributed by atoms with Gasteiger partial charge in [-0.15, -0.1) is 0 Å². The quantitative estimate of drug-likeness (QED) is 0.632. The lowest BCUT2D eigenvalue weighted by Crippen LogP contribution is -2.24. The first kappa shape index (κ1) is 15.1. The molecular weight excluding hydrogens is 316 g/mol. The van der Waals surface area contributed by atoms with Gasteiger partial charge >= 0.3 is 10.0 Å². The molecule has 0 atom stereocenters. The average molecular weight is 334 g/mol. The summed E-state index contributed by atoms with van der Waals surface area (Å²) in [7, 11) is -0.578. The van der Waals surface area contributed by atoms with Crippen molar-refractivity contribution in [2.75, 3.05) is 0 Å². The van der Waals surface area contributed by atoms with E-state index in [-0.39, 0.29) is 5.78 Å². The summed E-state index contributed by atoms with van der Waals surface area (Å²) in [6.07, 6.45) is 5.06. The predicted molar refractivity (Wildman–Crippen MR) is 95.9 cm³/mol. The Labute approximate surface area is 143 Å². The van der Waals surface area contributed by atoms with Gasteiger partial charge in [-0.3, -0.25) is 4.79 Å². The highest BCUT2D eigenvalue weighted by Crippen LogP contribution is 2.36. The highest BCUT2D eigenvalue weighted by Gasteiger charge is 2.34. The van der Waals surface area contributed by atoms with Gasteiger partial charge in [0.25, 0.3) is 5.78 Å². The third-order valence-electron chi connectivity index (χ3n) is 4.43. The minimum absolute atomic E-state index is 0.0450. The van der Waals surface area contributed by atoms with Gasteiger partial charge in [0.15, 0.2) is 5.78 Å². The fraction of sp³-hybridized carbons (Fsp3) is 0.200. The third-order valence-corrected chi connectivity index (χ3v) is 5.13. The van der Waals surface area contributed by atoms with Crippen LogP contribution in [0.15, 0.2) is 48.5 Å². The summed E-state index contributed by atoms with van der Waals surface area (Å²) < 4.78 is 11.5. The molecule has 0 amide bonds. The van der Waals surface area contributed by atoms with E-state index >= 15 is 0 Å². The lowest BCUT2D eigenvalue weighted by atomic mass is 9.84. The Morgan fingerprint density at radius 1 is 1.17 bits per heavy atom. The molecule has 0 saturated heterocycles. The molecule has 4 rings (SSSR count). The standard InChI is InChI=1S/C20H18O3Si/c1-2-3-7-13-10-16-19-17(11-13)22-24-23-18(19)12-15(20(16)21)14-8-5-4-6-9-14/h4-6,8-12,24H,2-3,7H2,1H3. The maximum absolute atomic E-state index is 13.1. The van der Waals surface area contributed by atoms with E-state index in [2.05, 4.69) is 13.0 Å². The van der Waals surface area contributed by atoms with Gasteiger partial charge in [-0.1, -0.05) is 43.7 Å². The Hall–Kier alpha value is -2.46. The number of rotatable bonds is 4. The largest absolute Gasteiger partial charge is 0.618 e. The Balaban J connectivity index is 1.85. The van der Waals surface area contributed by atoms with Gasteiger partial charge in [-0.25, -0.2) is 0 Å². The number of Topliss-reactive ketones (excluding diaryl/α,β-unsaturated/α-hetero) is 1. The van der Waals surface area contributed by atoms with Crippen molar-refractivity contribution < 1.29 is 13.3 Å². The van der Waals surface area contributed by atoms with Gasteiger partial charge in [-0.2, -0.15) is 0 Å². The Bertz CT molecular complexity index is 866. The number of unbranched alkanes of at least 4 members (excludes halogenated alkanes) is 1. The van der Waals surface area contributed by atoms with Crippen LogP contribution in [0, 0.1) is 0 Å². The zero-order chi connectivity index (χ0) is 16.5. The second kappa shape index (κ2) is 6.21. The van der Waals surface area contributed by atoms with Crippen molar-refractivity contribution in [2.45, 2.75) is 26.2 Å². The van der Waals surface area contributed by atoms with Crippen LogP contribution in [0.3, 0.4) is 0 Å². The minimum Gasteiger partial charge on any atom is -0.618 e. The van der Waals surface area contributed by atoms with Crippen LogP contribution in [0.1, 0.15) is 50.9 Å². The molecule has 2 aromatic rings. The second-order valence-corrected chi connectivity index (χ2v) is 6.73. The zero-order valence-corrected chi connectivity index (χ0v) is 14.7. The highest BCUT2D eigenvalue weighted by atomic mass is 28.2. The molecule has 0 N–H and O–H groups in total. The van der Waals surface area contributed by atoms with E-state index in [9.17, 15) is 4.79 Å². The van der Waals surface area contributed by atoms with Crippen molar-refractivity contribution in [3.8, 4) is 5.75 Å². The summed E-state index contributed by atoms with van der Waals surface area (Å²) in [5, 5.41) is 0. The molecule has 0 unspecified atom stereocenters. The smallest absolute Gasteiger partial charge is 0.440 e. The van der Waals surface area contributed by atoms with Crippen molar-refractivity contribution in [3.05, 3.63) is 70.8 Å². The van der Waals surface area contributed by atoms with E-state index in [1.165, 1.54) is 0 Å². The fourth-order valence-electron chi connectivity index (χ4n) is 3.19. The Kier molecular flexibility index (Phi) is 3.90. The number of allylic oxidation sites excluding steroid dienone is 2. The van der Waals surface area contributed by atoms with Gasteiger partial charge in [0.1, 0.15) is 5.56 Å².